The van der Waals surface area contributed by atoms with Crippen LogP contribution in [0.15, 0.2) is 35.7 Å². The zero-order chi connectivity index (χ0) is 21.7. The van der Waals surface area contributed by atoms with Crippen LogP contribution >= 0.6 is 11.6 Å². The van der Waals surface area contributed by atoms with Crippen molar-refractivity contribution in [2.45, 2.75) is 32.0 Å². The Morgan fingerprint density at radius 2 is 2.17 bits per heavy atom. The zero-order valence-corrected chi connectivity index (χ0v) is 17.6. The molecule has 2 N–H and O–H groups in total. The number of pyridine rings is 2. The highest BCUT2D eigenvalue weighted by Gasteiger charge is 2.33. The minimum atomic E-state index is -4.46. The lowest BCUT2D eigenvalue weighted by atomic mass is 10.1. The van der Waals surface area contributed by atoms with Crippen molar-refractivity contribution in [1.82, 2.24) is 20.6 Å². The van der Waals surface area contributed by atoms with E-state index in [2.05, 4.69) is 25.6 Å². The van der Waals surface area contributed by atoms with Crippen LogP contribution in [-0.4, -0.2) is 48.7 Å². The average molecular weight is 441 g/mol. The minimum absolute atomic E-state index is 0.000651. The molecule has 162 valence electrons. The summed E-state index contributed by atoms with van der Waals surface area (Å²) in [5.74, 6) is 1.05. The molecule has 1 saturated heterocycles. The van der Waals surface area contributed by atoms with E-state index in [9.17, 15) is 13.2 Å². The maximum absolute atomic E-state index is 12.8. The second-order valence-corrected chi connectivity index (χ2v) is 7.56. The Morgan fingerprint density at radius 3 is 2.83 bits per heavy atom. The first kappa shape index (κ1) is 22.1. The normalized spacial score (nSPS) is 17.3. The second-order valence-electron chi connectivity index (χ2n) is 7.15. The molecule has 0 amide bonds. The van der Waals surface area contributed by atoms with E-state index >= 15 is 0 Å². The van der Waals surface area contributed by atoms with Gasteiger partial charge in [0.15, 0.2) is 5.96 Å². The molecule has 0 spiro atoms. The van der Waals surface area contributed by atoms with Gasteiger partial charge in [0.2, 0.25) is 0 Å². The van der Waals surface area contributed by atoms with E-state index < -0.39 is 11.7 Å². The summed E-state index contributed by atoms with van der Waals surface area (Å²) in [6, 6.07) is 3.01. The summed E-state index contributed by atoms with van der Waals surface area (Å²) in [5, 5.41) is 6.65. The first-order valence-electron chi connectivity index (χ1n) is 9.62. The number of anilines is 1. The number of rotatable bonds is 5. The van der Waals surface area contributed by atoms with Gasteiger partial charge in [-0.15, -0.1) is 0 Å². The van der Waals surface area contributed by atoms with Gasteiger partial charge in [0.25, 0.3) is 0 Å². The summed E-state index contributed by atoms with van der Waals surface area (Å²) in [7, 11) is 1.70. The standard InChI is InChI=1S/C20H24ClF3N6/c1-13-10-26-6-3-14(13)4-7-27-19(25-2)29-16-5-8-30(12-16)18-17(21)9-15(11-28-18)20(22,23)24/h3,6,9-11,16H,4-5,7-8,12H2,1-2H3,(H2,25,27,29). The van der Waals surface area contributed by atoms with Crippen molar-refractivity contribution in [3.8, 4) is 0 Å². The lowest BCUT2D eigenvalue weighted by Gasteiger charge is -2.21. The molecule has 6 nitrogen and oxygen atoms in total. The zero-order valence-electron chi connectivity index (χ0n) is 16.8. The molecule has 0 radical (unpaired) electrons. The highest BCUT2D eigenvalue weighted by molar-refractivity contribution is 6.33. The van der Waals surface area contributed by atoms with E-state index in [0.29, 0.717) is 31.4 Å². The predicted molar refractivity (Wildman–Crippen MR) is 112 cm³/mol. The molecule has 0 aliphatic carbocycles. The first-order chi connectivity index (χ1) is 14.3. The van der Waals surface area contributed by atoms with Crippen LogP contribution in [0.2, 0.25) is 5.02 Å². The molecule has 1 fully saturated rings. The highest BCUT2D eigenvalue weighted by Crippen LogP contribution is 2.34. The number of hydrogen-bond acceptors (Lipinski definition) is 4. The Balaban J connectivity index is 1.53. The van der Waals surface area contributed by atoms with Gasteiger partial charge >= 0.3 is 6.18 Å². The molecule has 3 rings (SSSR count). The smallest absolute Gasteiger partial charge is 0.356 e. The average Bonchev–Trinajstić information content (AvgIpc) is 3.16. The van der Waals surface area contributed by atoms with E-state index in [1.165, 1.54) is 5.56 Å². The van der Waals surface area contributed by atoms with Crippen molar-refractivity contribution in [3.05, 3.63) is 52.4 Å². The number of aryl methyl sites for hydroxylation is 1. The van der Waals surface area contributed by atoms with Crippen LogP contribution in [0.5, 0.6) is 0 Å². The van der Waals surface area contributed by atoms with Crippen LogP contribution in [-0.2, 0) is 12.6 Å². The topological polar surface area (TPSA) is 65.4 Å². The second kappa shape index (κ2) is 9.51. The summed E-state index contributed by atoms with van der Waals surface area (Å²) in [6.45, 7) is 3.96. The molecule has 0 aromatic carbocycles. The van der Waals surface area contributed by atoms with Crippen molar-refractivity contribution in [2.75, 3.05) is 31.6 Å². The van der Waals surface area contributed by atoms with E-state index in [0.717, 1.165) is 30.7 Å². The van der Waals surface area contributed by atoms with Crippen LogP contribution in [0.3, 0.4) is 0 Å². The van der Waals surface area contributed by atoms with Gasteiger partial charge in [-0.3, -0.25) is 9.98 Å². The summed E-state index contributed by atoms with van der Waals surface area (Å²) < 4.78 is 38.4. The quantitative estimate of drug-likeness (QED) is 0.550. The molecule has 2 aromatic heterocycles. The lowest BCUT2D eigenvalue weighted by Crippen LogP contribution is -2.45. The fourth-order valence-electron chi connectivity index (χ4n) is 3.38. The van der Waals surface area contributed by atoms with Gasteiger partial charge in [-0.05, 0) is 43.0 Å². The van der Waals surface area contributed by atoms with E-state index in [1.54, 1.807) is 13.2 Å². The summed E-state index contributed by atoms with van der Waals surface area (Å²) in [5.41, 5.74) is 1.52. The minimum Gasteiger partial charge on any atom is -0.356 e. The van der Waals surface area contributed by atoms with E-state index in [4.69, 9.17) is 11.6 Å². The molecule has 1 aliphatic rings. The van der Waals surface area contributed by atoms with Gasteiger partial charge in [0, 0.05) is 51.3 Å². The van der Waals surface area contributed by atoms with Gasteiger partial charge in [0.05, 0.1) is 10.6 Å². The van der Waals surface area contributed by atoms with Crippen LogP contribution in [0.1, 0.15) is 23.1 Å². The Labute approximate surface area is 178 Å². The van der Waals surface area contributed by atoms with Gasteiger partial charge < -0.3 is 15.5 Å². The number of aliphatic imine (C=N–C) groups is 1. The van der Waals surface area contributed by atoms with Crippen LogP contribution in [0.25, 0.3) is 0 Å². The molecule has 30 heavy (non-hydrogen) atoms. The van der Waals surface area contributed by atoms with Crippen molar-refractivity contribution in [3.63, 3.8) is 0 Å². The molecular formula is C20H24ClF3N6. The Morgan fingerprint density at radius 1 is 1.37 bits per heavy atom. The van der Waals surface area contributed by atoms with Gasteiger partial charge in [-0.1, -0.05) is 11.6 Å². The predicted octanol–water partition coefficient (Wildman–Crippen LogP) is 3.44. The number of halogens is 4. The molecule has 0 saturated carbocycles. The number of aromatic nitrogens is 2. The molecule has 10 heteroatoms. The van der Waals surface area contributed by atoms with E-state index in [1.807, 2.05) is 24.1 Å². The SMILES string of the molecule is CN=C(NCCc1ccncc1C)NC1CCN(c2ncc(C(F)(F)F)cc2Cl)C1. The molecule has 2 aromatic rings. The first-order valence-corrected chi connectivity index (χ1v) is 10.00. The Bertz CT molecular complexity index is 902. The molecule has 1 atom stereocenters. The largest absolute Gasteiger partial charge is 0.417 e. The number of alkyl halides is 3. The molecule has 1 aliphatic heterocycles. The van der Waals surface area contributed by atoms with Crippen LogP contribution in [0.4, 0.5) is 19.0 Å². The maximum atomic E-state index is 12.8. The number of hydrogen-bond donors (Lipinski definition) is 2. The number of nitrogens with one attached hydrogen (secondary N) is 2. The van der Waals surface area contributed by atoms with E-state index in [-0.39, 0.29) is 11.1 Å². The molecule has 3 heterocycles. The fraction of sp³-hybridized carbons (Fsp3) is 0.450. The Kier molecular flexibility index (Phi) is 7.02. The summed E-state index contributed by atoms with van der Waals surface area (Å²) in [6.07, 6.45) is 1.62. The molecule has 1 unspecified atom stereocenters. The Hall–Kier alpha value is -2.55. The van der Waals surface area contributed by atoms with Gasteiger partial charge in [0.1, 0.15) is 5.82 Å². The highest BCUT2D eigenvalue weighted by atomic mass is 35.5. The fourth-order valence-corrected chi connectivity index (χ4v) is 3.66. The molecule has 0 bridgehead atoms. The van der Waals surface area contributed by atoms with Crippen LogP contribution in [0, 0.1) is 6.92 Å². The number of nitrogens with zero attached hydrogens (tertiary/aromatic N) is 4. The summed E-state index contributed by atoms with van der Waals surface area (Å²) in [4.78, 5) is 14.2. The lowest BCUT2D eigenvalue weighted by molar-refractivity contribution is -0.137. The van der Waals surface area contributed by atoms with Crippen molar-refractivity contribution >= 4 is 23.4 Å². The summed E-state index contributed by atoms with van der Waals surface area (Å²) >= 11 is 6.07. The van der Waals surface area contributed by atoms with Crippen molar-refractivity contribution in [1.29, 1.82) is 0 Å². The third-order valence-corrected chi connectivity index (χ3v) is 5.30. The molecular weight excluding hydrogens is 417 g/mol. The van der Waals surface area contributed by atoms with Gasteiger partial charge in [-0.2, -0.15) is 13.2 Å². The number of guanidine groups is 1. The van der Waals surface area contributed by atoms with Crippen LogP contribution < -0.4 is 15.5 Å². The van der Waals surface area contributed by atoms with Crippen molar-refractivity contribution < 1.29 is 13.2 Å². The third kappa shape index (κ3) is 5.53. The maximum Gasteiger partial charge on any atom is 0.417 e. The van der Waals surface area contributed by atoms with Crippen molar-refractivity contribution in [2.24, 2.45) is 4.99 Å². The van der Waals surface area contributed by atoms with Gasteiger partial charge in [-0.25, -0.2) is 4.98 Å². The monoisotopic (exact) mass is 440 g/mol. The third-order valence-electron chi connectivity index (χ3n) is 5.02.